The maximum Gasteiger partial charge on any atom is 0.0338 e. The molecule has 0 aliphatic heterocycles. The largest absolute Gasteiger partial charge is 0.123 e. The molecule has 0 nitrogen and oxygen atoms in total. The van der Waals surface area contributed by atoms with E-state index in [0.29, 0.717) is 5.38 Å². The summed E-state index contributed by atoms with van der Waals surface area (Å²) in [5.41, 5.74) is 0. The van der Waals surface area contributed by atoms with Gasteiger partial charge in [0.15, 0.2) is 0 Å². The zero-order valence-electron chi connectivity index (χ0n) is 8.47. The molecule has 2 unspecified atom stereocenters. The van der Waals surface area contributed by atoms with Crippen LogP contribution >= 0.6 is 11.6 Å². The van der Waals surface area contributed by atoms with Crippen molar-refractivity contribution < 1.29 is 0 Å². The van der Waals surface area contributed by atoms with Gasteiger partial charge >= 0.3 is 0 Å². The van der Waals surface area contributed by atoms with Gasteiger partial charge in [0.05, 0.1) is 0 Å². The molecule has 13 heavy (non-hydrogen) atoms. The lowest BCUT2D eigenvalue weighted by atomic mass is 9.73. The highest BCUT2D eigenvalue weighted by molar-refractivity contribution is 6.20. The van der Waals surface area contributed by atoms with Crippen molar-refractivity contribution in [3.05, 3.63) is 0 Å². The van der Waals surface area contributed by atoms with E-state index in [2.05, 4.69) is 0 Å². The van der Waals surface area contributed by atoms with Crippen LogP contribution < -0.4 is 0 Å². The molecular formula is C12H21Cl. The maximum absolute atomic E-state index is 6.23. The highest BCUT2D eigenvalue weighted by Gasteiger charge is 2.28. The van der Waals surface area contributed by atoms with Gasteiger partial charge in [-0.25, -0.2) is 0 Å². The van der Waals surface area contributed by atoms with Crippen LogP contribution in [0.4, 0.5) is 0 Å². The zero-order chi connectivity index (χ0) is 9.10. The number of hydrogen-bond donors (Lipinski definition) is 0. The van der Waals surface area contributed by atoms with E-state index in [9.17, 15) is 0 Å². The quantitative estimate of drug-likeness (QED) is 0.552. The standard InChI is InChI=1S/C12H21Cl/c13-12-8-4-7-11(9-12)10-5-2-1-3-6-10/h10-12H,1-9H2. The highest BCUT2D eigenvalue weighted by Crippen LogP contribution is 2.39. The Bertz CT molecular complexity index is 149. The Kier molecular flexibility index (Phi) is 3.54. The molecule has 0 aromatic heterocycles. The van der Waals surface area contributed by atoms with Crippen molar-refractivity contribution in [2.75, 3.05) is 0 Å². The lowest BCUT2D eigenvalue weighted by Gasteiger charge is -2.34. The van der Waals surface area contributed by atoms with Crippen LogP contribution in [0.5, 0.6) is 0 Å². The molecule has 0 aromatic rings. The van der Waals surface area contributed by atoms with Crippen molar-refractivity contribution in [1.29, 1.82) is 0 Å². The molecular weight excluding hydrogens is 180 g/mol. The Labute approximate surface area is 87.0 Å². The van der Waals surface area contributed by atoms with Gasteiger partial charge in [-0.3, -0.25) is 0 Å². The van der Waals surface area contributed by atoms with E-state index in [1.807, 2.05) is 0 Å². The second-order valence-electron chi connectivity index (χ2n) is 4.92. The maximum atomic E-state index is 6.23. The average molecular weight is 201 g/mol. The SMILES string of the molecule is ClC1CCCC(C2CCCCC2)C1. The first-order valence-corrected chi connectivity index (χ1v) is 6.44. The fourth-order valence-corrected chi connectivity index (χ4v) is 3.58. The third kappa shape index (κ3) is 2.62. The predicted molar refractivity (Wildman–Crippen MR) is 58.2 cm³/mol. The number of alkyl halides is 1. The summed E-state index contributed by atoms with van der Waals surface area (Å²) in [6.45, 7) is 0. The summed E-state index contributed by atoms with van der Waals surface area (Å²) >= 11 is 6.23. The Balaban J connectivity index is 1.83. The van der Waals surface area contributed by atoms with E-state index in [1.54, 1.807) is 0 Å². The second-order valence-corrected chi connectivity index (χ2v) is 5.54. The summed E-state index contributed by atoms with van der Waals surface area (Å²) in [5.74, 6) is 2.02. The van der Waals surface area contributed by atoms with Gasteiger partial charge in [0.1, 0.15) is 0 Å². The molecule has 0 bridgehead atoms. The third-order valence-electron chi connectivity index (χ3n) is 3.97. The minimum absolute atomic E-state index is 0.501. The van der Waals surface area contributed by atoms with Crippen molar-refractivity contribution in [3.63, 3.8) is 0 Å². The molecule has 0 heterocycles. The molecule has 0 spiro atoms. The fraction of sp³-hybridized carbons (Fsp3) is 1.00. The van der Waals surface area contributed by atoms with Crippen molar-refractivity contribution in [3.8, 4) is 0 Å². The summed E-state index contributed by atoms with van der Waals surface area (Å²) in [6.07, 6.45) is 12.9. The van der Waals surface area contributed by atoms with Crippen LogP contribution in [0.25, 0.3) is 0 Å². The molecule has 2 aliphatic carbocycles. The van der Waals surface area contributed by atoms with Gasteiger partial charge in [-0.15, -0.1) is 11.6 Å². The summed E-state index contributed by atoms with van der Waals surface area (Å²) < 4.78 is 0. The molecule has 0 radical (unpaired) electrons. The van der Waals surface area contributed by atoms with Gasteiger partial charge in [-0.2, -0.15) is 0 Å². The minimum atomic E-state index is 0.501. The van der Waals surface area contributed by atoms with Gasteiger partial charge in [0.25, 0.3) is 0 Å². The first kappa shape index (κ1) is 9.83. The van der Waals surface area contributed by atoms with Gasteiger partial charge in [0.2, 0.25) is 0 Å². The number of halogens is 1. The van der Waals surface area contributed by atoms with E-state index in [0.717, 1.165) is 11.8 Å². The summed E-state index contributed by atoms with van der Waals surface area (Å²) in [5, 5.41) is 0.501. The smallest absolute Gasteiger partial charge is 0.0338 e. The van der Waals surface area contributed by atoms with Gasteiger partial charge in [-0.05, 0) is 24.7 Å². The van der Waals surface area contributed by atoms with Gasteiger partial charge in [-0.1, -0.05) is 44.9 Å². The molecule has 2 rings (SSSR count). The number of rotatable bonds is 1. The monoisotopic (exact) mass is 200 g/mol. The van der Waals surface area contributed by atoms with E-state index in [-0.39, 0.29) is 0 Å². The van der Waals surface area contributed by atoms with Crippen LogP contribution in [0.15, 0.2) is 0 Å². The summed E-state index contributed by atoms with van der Waals surface area (Å²) in [4.78, 5) is 0. The van der Waals surface area contributed by atoms with E-state index in [1.165, 1.54) is 57.8 Å². The molecule has 0 saturated heterocycles. The molecule has 2 fully saturated rings. The Hall–Kier alpha value is 0.290. The van der Waals surface area contributed by atoms with Crippen LogP contribution in [-0.4, -0.2) is 5.38 Å². The van der Waals surface area contributed by atoms with Crippen LogP contribution in [0.3, 0.4) is 0 Å². The fourth-order valence-electron chi connectivity index (χ4n) is 3.20. The van der Waals surface area contributed by atoms with Crippen LogP contribution in [0.1, 0.15) is 57.8 Å². The van der Waals surface area contributed by atoms with E-state index >= 15 is 0 Å². The van der Waals surface area contributed by atoms with E-state index in [4.69, 9.17) is 11.6 Å². The molecule has 0 aromatic carbocycles. The minimum Gasteiger partial charge on any atom is -0.123 e. The Morgan fingerprint density at radius 2 is 1.38 bits per heavy atom. The molecule has 2 saturated carbocycles. The molecule has 0 N–H and O–H groups in total. The molecule has 2 aliphatic rings. The van der Waals surface area contributed by atoms with Crippen molar-refractivity contribution in [2.24, 2.45) is 11.8 Å². The normalized spacial score (nSPS) is 37.6. The zero-order valence-corrected chi connectivity index (χ0v) is 9.23. The Morgan fingerprint density at radius 3 is 2.08 bits per heavy atom. The lowest BCUT2D eigenvalue weighted by molar-refractivity contribution is 0.198. The Morgan fingerprint density at radius 1 is 0.692 bits per heavy atom. The molecule has 1 heteroatoms. The van der Waals surface area contributed by atoms with Gasteiger partial charge in [0, 0.05) is 5.38 Å². The summed E-state index contributed by atoms with van der Waals surface area (Å²) in [6, 6.07) is 0. The average Bonchev–Trinajstić information content (AvgIpc) is 2.19. The van der Waals surface area contributed by atoms with Crippen molar-refractivity contribution in [2.45, 2.75) is 63.2 Å². The first-order valence-electron chi connectivity index (χ1n) is 6.00. The highest BCUT2D eigenvalue weighted by atomic mass is 35.5. The number of hydrogen-bond acceptors (Lipinski definition) is 0. The van der Waals surface area contributed by atoms with Crippen LogP contribution in [-0.2, 0) is 0 Å². The van der Waals surface area contributed by atoms with Crippen molar-refractivity contribution in [1.82, 2.24) is 0 Å². The molecule has 76 valence electrons. The molecule has 0 amide bonds. The third-order valence-corrected chi connectivity index (χ3v) is 4.36. The predicted octanol–water partition coefficient (Wildman–Crippen LogP) is 4.36. The van der Waals surface area contributed by atoms with E-state index < -0.39 is 0 Å². The van der Waals surface area contributed by atoms with Crippen LogP contribution in [0, 0.1) is 11.8 Å². The second kappa shape index (κ2) is 4.68. The van der Waals surface area contributed by atoms with Crippen LogP contribution in [0.2, 0.25) is 0 Å². The molecule has 2 atom stereocenters. The topological polar surface area (TPSA) is 0 Å². The lowest BCUT2D eigenvalue weighted by Crippen LogP contribution is -2.24. The van der Waals surface area contributed by atoms with Gasteiger partial charge < -0.3 is 0 Å². The first-order chi connectivity index (χ1) is 6.36. The van der Waals surface area contributed by atoms with Crippen molar-refractivity contribution >= 4 is 11.6 Å². The summed E-state index contributed by atoms with van der Waals surface area (Å²) in [7, 11) is 0.